The van der Waals surface area contributed by atoms with Gasteiger partial charge in [0.15, 0.2) is 0 Å². The summed E-state index contributed by atoms with van der Waals surface area (Å²) in [6.45, 7) is 11.4. The first kappa shape index (κ1) is 25.4. The summed E-state index contributed by atoms with van der Waals surface area (Å²) in [7, 11) is -2.84. The molecule has 31 heavy (non-hydrogen) atoms. The van der Waals surface area contributed by atoms with Crippen LogP contribution in [0.15, 0.2) is 30.3 Å². The largest absolute Gasteiger partial charge is 0.508 e. The number of phenolic OH excluding ortho intramolecular Hbond substituents is 1. The zero-order valence-electron chi connectivity index (χ0n) is 19.5. The van der Waals surface area contributed by atoms with Crippen LogP contribution >= 0.6 is 7.60 Å². The van der Waals surface area contributed by atoms with Crippen molar-refractivity contribution in [1.82, 2.24) is 0 Å². The van der Waals surface area contributed by atoms with Crippen LogP contribution in [0.4, 0.5) is 0 Å². The first-order valence-electron chi connectivity index (χ1n) is 10.6. The quantitative estimate of drug-likeness (QED) is 0.409. The van der Waals surface area contributed by atoms with Gasteiger partial charge in [0.05, 0.1) is 0 Å². The van der Waals surface area contributed by atoms with Gasteiger partial charge in [0.1, 0.15) is 17.6 Å². The van der Waals surface area contributed by atoms with Crippen LogP contribution in [0.2, 0.25) is 0 Å². The molecule has 1 unspecified atom stereocenters. The Morgan fingerprint density at radius 3 is 2.00 bits per heavy atom. The Morgan fingerprint density at radius 2 is 1.58 bits per heavy atom. The van der Waals surface area contributed by atoms with Gasteiger partial charge < -0.3 is 24.4 Å². The van der Waals surface area contributed by atoms with Crippen molar-refractivity contribution in [3.8, 4) is 11.5 Å². The van der Waals surface area contributed by atoms with Crippen molar-refractivity contribution in [2.45, 2.75) is 71.7 Å². The minimum atomic E-state index is -4.48. The van der Waals surface area contributed by atoms with Crippen molar-refractivity contribution < 1.29 is 28.9 Å². The number of benzene rings is 2. The molecular weight excluding hydrogens is 415 g/mol. The minimum Gasteiger partial charge on any atom is -0.508 e. The van der Waals surface area contributed by atoms with Crippen LogP contribution in [-0.4, -0.2) is 27.3 Å². The predicted octanol–water partition coefficient (Wildman–Crippen LogP) is 5.94. The molecule has 172 valence electrons. The van der Waals surface area contributed by atoms with E-state index in [2.05, 4.69) is 0 Å². The van der Waals surface area contributed by atoms with Crippen molar-refractivity contribution in [2.75, 3.05) is 7.11 Å². The van der Waals surface area contributed by atoms with E-state index in [0.29, 0.717) is 5.75 Å². The molecule has 2 aromatic carbocycles. The molecule has 0 heterocycles. The van der Waals surface area contributed by atoms with Crippen LogP contribution in [0.5, 0.6) is 11.5 Å². The average Bonchev–Trinajstić information content (AvgIpc) is 2.68. The molecule has 0 radical (unpaired) electrons. The van der Waals surface area contributed by atoms with Gasteiger partial charge in [-0.2, -0.15) is 0 Å². The molecule has 0 aliphatic rings. The molecule has 2 aromatic rings. The first-order valence-corrected chi connectivity index (χ1v) is 12.2. The van der Waals surface area contributed by atoms with Crippen molar-refractivity contribution in [2.24, 2.45) is 0 Å². The third-order valence-electron chi connectivity index (χ3n) is 5.99. The fraction of sp³-hybridized carbons (Fsp3) is 0.500. The van der Waals surface area contributed by atoms with E-state index in [4.69, 9.17) is 9.47 Å². The minimum absolute atomic E-state index is 0.166. The third-order valence-corrected chi connectivity index (χ3v) is 7.77. The van der Waals surface area contributed by atoms with E-state index in [1.807, 2.05) is 39.8 Å². The molecule has 0 amide bonds. The molecule has 0 spiro atoms. The van der Waals surface area contributed by atoms with Gasteiger partial charge in [0.2, 0.25) is 5.34 Å². The highest BCUT2D eigenvalue weighted by atomic mass is 31.2. The first-order chi connectivity index (χ1) is 14.4. The van der Waals surface area contributed by atoms with Crippen LogP contribution < -0.4 is 4.74 Å². The summed E-state index contributed by atoms with van der Waals surface area (Å²) in [5.74, 6) is 0.854. The van der Waals surface area contributed by atoms with Crippen molar-refractivity contribution >= 4 is 7.60 Å². The van der Waals surface area contributed by atoms with E-state index in [1.165, 1.54) is 0 Å². The van der Waals surface area contributed by atoms with Gasteiger partial charge in [-0.1, -0.05) is 33.8 Å². The highest BCUT2D eigenvalue weighted by Crippen LogP contribution is 2.55. The standard InChI is InChI=1S/C24H35O6P/c1-8-24(9-2,31(26,27)28)30-19-12-16(5)22(17(6)13-19)23(29-7)18-10-11-21(25)20(14-18)15(3)4/h10-15,23,25H,8-9H2,1-7H3,(H2,26,27,28). The van der Waals surface area contributed by atoms with E-state index >= 15 is 0 Å². The number of aryl methyl sites for hydroxylation is 2. The maximum atomic E-state index is 12.1. The summed E-state index contributed by atoms with van der Waals surface area (Å²) >= 11 is 0. The lowest BCUT2D eigenvalue weighted by molar-refractivity contribution is 0.108. The second-order valence-electron chi connectivity index (χ2n) is 8.36. The highest BCUT2D eigenvalue weighted by Gasteiger charge is 2.46. The summed E-state index contributed by atoms with van der Waals surface area (Å²) in [5, 5.41) is 8.63. The van der Waals surface area contributed by atoms with E-state index in [9.17, 15) is 19.5 Å². The summed E-state index contributed by atoms with van der Waals surface area (Å²) < 4.78 is 23.9. The van der Waals surface area contributed by atoms with Gasteiger partial charge in [-0.3, -0.25) is 4.57 Å². The number of hydrogen-bond acceptors (Lipinski definition) is 4. The fourth-order valence-electron chi connectivity index (χ4n) is 4.11. The van der Waals surface area contributed by atoms with Gasteiger partial charge in [-0.15, -0.1) is 0 Å². The lowest BCUT2D eigenvalue weighted by Gasteiger charge is -2.33. The molecule has 2 rings (SSSR count). The normalized spacial score (nSPS) is 13.5. The second kappa shape index (κ2) is 9.74. The van der Waals surface area contributed by atoms with E-state index in [-0.39, 0.29) is 30.6 Å². The topological polar surface area (TPSA) is 96.2 Å². The smallest absolute Gasteiger partial charge is 0.368 e. The summed E-state index contributed by atoms with van der Waals surface area (Å²) in [4.78, 5) is 19.8. The Morgan fingerprint density at radius 1 is 1.03 bits per heavy atom. The SMILES string of the molecule is CCC(CC)(Oc1cc(C)c(C(OC)c2ccc(O)c(C(C)C)c2)c(C)c1)P(=O)(O)O. The monoisotopic (exact) mass is 450 g/mol. The highest BCUT2D eigenvalue weighted by molar-refractivity contribution is 7.53. The Labute approximate surface area is 185 Å². The van der Waals surface area contributed by atoms with Crippen LogP contribution in [0.1, 0.15) is 80.4 Å². The lowest BCUT2D eigenvalue weighted by atomic mass is 9.90. The van der Waals surface area contributed by atoms with Gasteiger partial charge in [0.25, 0.3) is 0 Å². The van der Waals surface area contributed by atoms with E-state index in [1.54, 1.807) is 39.2 Å². The maximum Gasteiger partial charge on any atom is 0.368 e. The molecule has 3 N–H and O–H groups in total. The molecule has 0 bridgehead atoms. The van der Waals surface area contributed by atoms with Crippen molar-refractivity contribution in [1.29, 1.82) is 0 Å². The average molecular weight is 451 g/mol. The summed E-state index contributed by atoms with van der Waals surface area (Å²) in [5.41, 5.74) is 4.54. The fourth-order valence-corrected chi connectivity index (χ4v) is 5.16. The van der Waals surface area contributed by atoms with Gasteiger partial charge in [-0.25, -0.2) is 0 Å². The molecule has 0 aliphatic heterocycles. The Hall–Kier alpha value is -1.85. The van der Waals surface area contributed by atoms with Crippen LogP contribution in [0.25, 0.3) is 0 Å². The zero-order chi connectivity index (χ0) is 23.6. The zero-order valence-corrected chi connectivity index (χ0v) is 20.4. The second-order valence-corrected chi connectivity index (χ2v) is 10.3. The number of phenols is 1. The van der Waals surface area contributed by atoms with Gasteiger partial charge >= 0.3 is 7.60 Å². The molecule has 0 saturated heterocycles. The van der Waals surface area contributed by atoms with Gasteiger partial charge in [-0.05, 0) is 84.7 Å². The van der Waals surface area contributed by atoms with Crippen molar-refractivity contribution in [3.63, 3.8) is 0 Å². The molecular formula is C24H35O6P. The lowest BCUT2D eigenvalue weighted by Crippen LogP contribution is -2.34. The van der Waals surface area contributed by atoms with Gasteiger partial charge in [0, 0.05) is 7.11 Å². The molecule has 1 atom stereocenters. The predicted molar refractivity (Wildman–Crippen MR) is 123 cm³/mol. The summed E-state index contributed by atoms with van der Waals surface area (Å²) in [6.07, 6.45) is 0.0376. The molecule has 7 heteroatoms. The summed E-state index contributed by atoms with van der Waals surface area (Å²) in [6, 6.07) is 9.10. The molecule has 0 aliphatic carbocycles. The number of hydrogen-bond donors (Lipinski definition) is 3. The maximum absolute atomic E-state index is 12.1. The van der Waals surface area contributed by atoms with E-state index < -0.39 is 12.9 Å². The Balaban J connectivity index is 2.52. The van der Waals surface area contributed by atoms with Crippen LogP contribution in [-0.2, 0) is 9.30 Å². The number of rotatable bonds is 9. The Kier molecular flexibility index (Phi) is 7.99. The van der Waals surface area contributed by atoms with E-state index in [0.717, 1.165) is 27.8 Å². The molecule has 0 aromatic heterocycles. The number of aromatic hydroxyl groups is 1. The molecule has 6 nitrogen and oxygen atoms in total. The number of methoxy groups -OCH3 is 1. The molecule has 0 fully saturated rings. The van der Waals surface area contributed by atoms with Crippen LogP contribution in [0, 0.1) is 13.8 Å². The van der Waals surface area contributed by atoms with Crippen LogP contribution in [0.3, 0.4) is 0 Å². The third kappa shape index (κ3) is 5.15. The van der Waals surface area contributed by atoms with Crippen molar-refractivity contribution in [3.05, 3.63) is 58.1 Å². The Bertz CT molecular complexity index is 936. The number of ether oxygens (including phenoxy) is 2. The molecule has 0 saturated carbocycles.